The highest BCUT2D eigenvalue weighted by Crippen LogP contribution is 2.52. The fourth-order valence-electron chi connectivity index (χ4n) is 7.98. The predicted octanol–water partition coefficient (Wildman–Crippen LogP) is 2.40. The molecule has 1 fully saturated rings. The van der Waals surface area contributed by atoms with Crippen LogP contribution in [-0.2, 0) is 63.3 Å². The Morgan fingerprint density at radius 2 is 1.63 bits per heavy atom. The number of benzene rings is 2. The van der Waals surface area contributed by atoms with Crippen molar-refractivity contribution in [2.24, 2.45) is 10.9 Å². The number of hydroxylamine groups is 2. The molecule has 0 radical (unpaired) electrons. The zero-order chi connectivity index (χ0) is 39.3. The van der Waals surface area contributed by atoms with Crippen molar-refractivity contribution in [1.82, 2.24) is 10.0 Å². The van der Waals surface area contributed by atoms with Crippen LogP contribution < -0.4 is 19.9 Å². The van der Waals surface area contributed by atoms with E-state index in [-0.39, 0.29) is 53.5 Å². The molecule has 2 atom stereocenters. The van der Waals surface area contributed by atoms with Crippen molar-refractivity contribution < 1.29 is 54.5 Å². The van der Waals surface area contributed by atoms with Crippen LogP contribution in [0.15, 0.2) is 39.3 Å². The number of aromatic amines is 1. The normalized spacial score (nSPS) is 21.0. The number of ether oxygens (including phenoxy) is 1. The number of imide groups is 1. The number of imidazole rings is 1. The maximum absolute atomic E-state index is 13.2. The van der Waals surface area contributed by atoms with E-state index in [1.807, 2.05) is 45.3 Å². The van der Waals surface area contributed by atoms with E-state index in [1.165, 1.54) is 0 Å². The number of fused-ring (bicyclic) bond motifs is 4. The van der Waals surface area contributed by atoms with Crippen LogP contribution in [0.5, 0.6) is 11.5 Å². The van der Waals surface area contributed by atoms with E-state index in [4.69, 9.17) is 9.57 Å². The predicted molar refractivity (Wildman–Crippen MR) is 186 cm³/mol. The van der Waals surface area contributed by atoms with Crippen molar-refractivity contribution in [2.75, 3.05) is 0 Å². The van der Waals surface area contributed by atoms with Crippen LogP contribution in [0.1, 0.15) is 108 Å². The van der Waals surface area contributed by atoms with Gasteiger partial charge in [-0.2, -0.15) is 0 Å². The molecule has 1 N–H and O–H groups in total. The van der Waals surface area contributed by atoms with Gasteiger partial charge in [-0.25, -0.2) is 31.2 Å². The molecular formula is C37H41N4O11S2-. The van der Waals surface area contributed by atoms with Gasteiger partial charge in [-0.15, -0.1) is 5.06 Å². The fourth-order valence-corrected chi connectivity index (χ4v) is 9.64. The summed E-state index contributed by atoms with van der Waals surface area (Å²) in [4.78, 5) is 47.4. The van der Waals surface area contributed by atoms with Gasteiger partial charge < -0.3 is 18.7 Å². The number of aromatic nitrogens is 2. The Kier molecular flexibility index (Phi) is 8.98. The van der Waals surface area contributed by atoms with E-state index in [2.05, 4.69) is 9.98 Å². The highest BCUT2D eigenvalue weighted by molar-refractivity contribution is 7.86. The van der Waals surface area contributed by atoms with Gasteiger partial charge in [-0.1, -0.05) is 34.6 Å². The summed E-state index contributed by atoms with van der Waals surface area (Å²) in [6.07, 6.45) is 5.11. The van der Waals surface area contributed by atoms with Crippen LogP contribution in [0.3, 0.4) is 0 Å². The fraction of sp³-hybridized carbons (Fsp3) is 0.486. The zero-order valence-corrected chi connectivity index (χ0v) is 32.4. The molecule has 0 saturated carbocycles. The Bertz CT molecular complexity index is 2500. The number of aryl methyl sites for hydroxylation is 1. The van der Waals surface area contributed by atoms with E-state index in [9.17, 15) is 40.3 Å². The quantitative estimate of drug-likeness (QED) is 0.107. The first-order chi connectivity index (χ1) is 25.1. The van der Waals surface area contributed by atoms with Crippen LogP contribution in [0.2, 0.25) is 0 Å². The first-order valence-electron chi connectivity index (χ1n) is 17.9. The zero-order valence-electron chi connectivity index (χ0n) is 30.8. The number of nitrogens with one attached hydrogen (secondary N) is 1. The van der Waals surface area contributed by atoms with Crippen LogP contribution in [0.4, 0.5) is 0 Å². The molecule has 17 heteroatoms. The molecule has 0 spiro atoms. The van der Waals surface area contributed by atoms with Crippen molar-refractivity contribution in [3.8, 4) is 11.5 Å². The van der Waals surface area contributed by atoms with Crippen molar-refractivity contribution in [2.45, 2.75) is 120 Å². The Morgan fingerprint density at radius 3 is 2.28 bits per heavy atom. The average molecular weight is 782 g/mol. The number of H-pyrrole nitrogens is 1. The van der Waals surface area contributed by atoms with Crippen molar-refractivity contribution in [3.05, 3.63) is 63.2 Å². The van der Waals surface area contributed by atoms with Crippen molar-refractivity contribution in [3.63, 3.8) is 0 Å². The second-order valence-corrected chi connectivity index (χ2v) is 18.3. The van der Waals surface area contributed by atoms with Crippen molar-refractivity contribution in [1.29, 1.82) is 0 Å². The lowest BCUT2D eigenvalue weighted by atomic mass is 9.78. The molecule has 2 unspecified atom stereocenters. The summed E-state index contributed by atoms with van der Waals surface area (Å²) in [6.45, 7) is 11.9. The molecule has 0 bridgehead atoms. The number of hydrogen-bond acceptors (Lipinski definition) is 12. The molecule has 7 rings (SSSR count). The van der Waals surface area contributed by atoms with Crippen LogP contribution in [0.25, 0.3) is 5.57 Å². The summed E-state index contributed by atoms with van der Waals surface area (Å²) in [6, 6.07) is 3.13. The minimum atomic E-state index is -5.28. The molecule has 4 heterocycles. The average Bonchev–Trinajstić information content (AvgIpc) is 3.77. The molecule has 4 aliphatic rings. The lowest BCUT2D eigenvalue weighted by molar-refractivity contribution is -0.698. The molecule has 15 nitrogen and oxygen atoms in total. The third-order valence-corrected chi connectivity index (χ3v) is 13.6. The minimum Gasteiger partial charge on any atom is -0.744 e. The molecule has 288 valence electrons. The summed E-state index contributed by atoms with van der Waals surface area (Å²) >= 11 is 0. The van der Waals surface area contributed by atoms with E-state index < -0.39 is 70.4 Å². The standard InChI is InChI=1S/C37H42N4O11S2/c1-19-16-21-24(36(19,3)4)17-22-29(35-38-13-15-40(35)14-9-7-8-10-28(44)52-41-26(42)11-12-27(41)43)23-18-25-30(39-20(2)37(25,5)6)34(54(48,49)50)32(23)51-31(22)33(21)53(45,46)47/h13,15,17-20H,7-12,14,16H2,1-6H3,(H2,45,46,47,48,49,50)/p-1. The SMILES string of the molecule is CC1Cc2c(cc3c(c2S(=O)(=O)[O-])Oc2c(S(=O)(=O)[O-])c4c(cc2=C3c2[nH]cc[n+]2CCCCCC(=O)ON2C(=O)CCC2=O)C(C)(C)C(C)N=4)C1(C)C. The van der Waals surface area contributed by atoms with Gasteiger partial charge >= 0.3 is 5.97 Å². The first kappa shape index (κ1) is 37.8. The molecule has 1 aromatic heterocycles. The van der Waals surface area contributed by atoms with Crippen LogP contribution in [0, 0.1) is 5.92 Å². The summed E-state index contributed by atoms with van der Waals surface area (Å²) in [5.41, 5.74) is 0.792. The highest BCUT2D eigenvalue weighted by Gasteiger charge is 2.45. The van der Waals surface area contributed by atoms with Crippen molar-refractivity contribution >= 4 is 43.6 Å². The molecule has 3 aliphatic heterocycles. The van der Waals surface area contributed by atoms with Gasteiger partial charge in [0.2, 0.25) is 0 Å². The number of carbonyl (C=O) groups is 3. The van der Waals surface area contributed by atoms with Gasteiger partial charge in [0.05, 0.1) is 23.5 Å². The molecule has 2 amide bonds. The Balaban J connectivity index is 1.37. The van der Waals surface area contributed by atoms with Gasteiger partial charge in [0.1, 0.15) is 42.4 Å². The maximum Gasteiger partial charge on any atom is 0.333 e. The second kappa shape index (κ2) is 12.8. The van der Waals surface area contributed by atoms with Gasteiger partial charge in [-0.3, -0.25) is 14.6 Å². The number of unbranched alkanes of at least 4 members (excludes halogenated alkanes) is 2. The number of rotatable bonds is 10. The number of amides is 2. The lowest BCUT2D eigenvalue weighted by Crippen LogP contribution is -2.39. The second-order valence-electron chi connectivity index (χ2n) is 15.7. The van der Waals surface area contributed by atoms with Gasteiger partial charge in [0.15, 0.2) is 11.5 Å². The number of carbonyl (C=O) groups excluding carboxylic acids is 3. The van der Waals surface area contributed by atoms with E-state index in [1.54, 1.807) is 25.4 Å². The summed E-state index contributed by atoms with van der Waals surface area (Å²) in [5, 5.41) is 0.680. The van der Waals surface area contributed by atoms with Crippen LogP contribution >= 0.6 is 0 Å². The molecule has 1 saturated heterocycles. The van der Waals surface area contributed by atoms with E-state index in [0.29, 0.717) is 59.0 Å². The Hall–Kier alpha value is -4.45. The van der Waals surface area contributed by atoms with Gasteiger partial charge in [0, 0.05) is 35.5 Å². The number of hydrogen-bond donors (Lipinski definition) is 1. The van der Waals surface area contributed by atoms with Crippen LogP contribution in [-0.4, -0.2) is 59.8 Å². The van der Waals surface area contributed by atoms with Gasteiger partial charge in [-0.05, 0) is 72.8 Å². The first-order valence-corrected chi connectivity index (χ1v) is 20.7. The topological polar surface area (TPSA) is 219 Å². The smallest absolute Gasteiger partial charge is 0.333 e. The lowest BCUT2D eigenvalue weighted by Gasteiger charge is -2.30. The van der Waals surface area contributed by atoms with E-state index in [0.717, 1.165) is 0 Å². The monoisotopic (exact) mass is 781 g/mol. The molecule has 3 aromatic rings. The Labute approximate surface area is 312 Å². The van der Waals surface area contributed by atoms with E-state index >= 15 is 0 Å². The largest absolute Gasteiger partial charge is 0.744 e. The third kappa shape index (κ3) is 6.05. The number of nitrogens with zero attached hydrogens (tertiary/aromatic N) is 3. The molecule has 1 aliphatic carbocycles. The molecule has 54 heavy (non-hydrogen) atoms. The Morgan fingerprint density at radius 1 is 0.963 bits per heavy atom. The highest BCUT2D eigenvalue weighted by atomic mass is 32.2. The summed E-state index contributed by atoms with van der Waals surface area (Å²) in [5.74, 6) is -2.19. The summed E-state index contributed by atoms with van der Waals surface area (Å²) in [7, 11) is -10.5. The maximum atomic E-state index is 13.2. The van der Waals surface area contributed by atoms with Gasteiger partial charge in [0.25, 0.3) is 17.6 Å². The molecular weight excluding hydrogens is 741 g/mol. The minimum absolute atomic E-state index is 0.00150. The third-order valence-electron chi connectivity index (χ3n) is 11.8. The summed E-state index contributed by atoms with van der Waals surface area (Å²) < 4.78 is 87.2. The molecule has 2 aromatic carbocycles.